The maximum Gasteiger partial charge on any atom is 0.331 e. The van der Waals surface area contributed by atoms with Crippen LogP contribution in [0.1, 0.15) is 26.7 Å². The summed E-state index contributed by atoms with van der Waals surface area (Å²) in [5.74, 6) is -0.0755. The Hall–Kier alpha value is -1.84. The van der Waals surface area contributed by atoms with Crippen molar-refractivity contribution in [2.75, 3.05) is 11.4 Å². The van der Waals surface area contributed by atoms with Crippen molar-refractivity contribution < 1.29 is 9.59 Å². The van der Waals surface area contributed by atoms with Crippen molar-refractivity contribution in [3.63, 3.8) is 0 Å². The second-order valence-electron chi connectivity index (χ2n) is 4.73. The maximum atomic E-state index is 12.4. The highest BCUT2D eigenvalue weighted by molar-refractivity contribution is 6.03. The second-order valence-corrected chi connectivity index (χ2v) is 4.73. The van der Waals surface area contributed by atoms with Gasteiger partial charge in [-0.05, 0) is 32.4 Å². The topological polar surface area (TPSA) is 40.6 Å². The summed E-state index contributed by atoms with van der Waals surface area (Å²) >= 11 is 0. The molecule has 0 radical (unpaired) electrons. The highest BCUT2D eigenvalue weighted by atomic mass is 16.2. The van der Waals surface area contributed by atoms with Gasteiger partial charge in [0.2, 0.25) is 5.91 Å². The van der Waals surface area contributed by atoms with E-state index in [0.29, 0.717) is 19.4 Å². The molecule has 96 valence electrons. The summed E-state index contributed by atoms with van der Waals surface area (Å²) in [5, 5.41) is 0. The zero-order valence-electron chi connectivity index (χ0n) is 10.8. The van der Waals surface area contributed by atoms with Gasteiger partial charge in [-0.15, -0.1) is 0 Å². The summed E-state index contributed by atoms with van der Waals surface area (Å²) in [6.07, 6.45) is 1.15. The number of hydrogen-bond acceptors (Lipinski definition) is 2. The average molecular weight is 246 g/mol. The summed E-state index contributed by atoms with van der Waals surface area (Å²) in [6.45, 7) is 4.33. The first-order valence-electron chi connectivity index (χ1n) is 6.30. The van der Waals surface area contributed by atoms with Crippen molar-refractivity contribution in [2.45, 2.75) is 32.7 Å². The number of carbonyl (C=O) groups is 2. The average Bonchev–Trinajstić information content (AvgIpc) is 2.49. The van der Waals surface area contributed by atoms with E-state index in [0.717, 1.165) is 5.69 Å². The predicted molar refractivity (Wildman–Crippen MR) is 70.4 cm³/mol. The second kappa shape index (κ2) is 5.21. The molecule has 1 saturated heterocycles. The van der Waals surface area contributed by atoms with Crippen LogP contribution in [-0.4, -0.2) is 29.4 Å². The molecule has 1 heterocycles. The van der Waals surface area contributed by atoms with Crippen LogP contribution in [0.2, 0.25) is 0 Å². The van der Waals surface area contributed by atoms with Crippen LogP contribution in [0.3, 0.4) is 0 Å². The molecule has 1 fully saturated rings. The number of imide groups is 1. The molecule has 0 bridgehead atoms. The fraction of sp³-hybridized carbons (Fsp3) is 0.429. The van der Waals surface area contributed by atoms with Crippen LogP contribution in [0.4, 0.5) is 10.5 Å². The molecule has 4 heteroatoms. The molecule has 0 saturated carbocycles. The standard InChI is InChI=1S/C14H18N2O2/c1-11(2)16-13(17)9-6-10-15(14(16)18)12-7-4-3-5-8-12/h3-5,7-8,11H,6,9-10H2,1-2H3. The number of para-hydroxylation sites is 1. The van der Waals surface area contributed by atoms with E-state index in [1.807, 2.05) is 44.2 Å². The van der Waals surface area contributed by atoms with Crippen molar-refractivity contribution in [3.8, 4) is 0 Å². The van der Waals surface area contributed by atoms with E-state index < -0.39 is 0 Å². The zero-order valence-corrected chi connectivity index (χ0v) is 10.8. The molecular weight excluding hydrogens is 228 g/mol. The molecule has 1 aliphatic heterocycles. The van der Waals surface area contributed by atoms with E-state index in [9.17, 15) is 9.59 Å². The van der Waals surface area contributed by atoms with Crippen molar-refractivity contribution in [2.24, 2.45) is 0 Å². The van der Waals surface area contributed by atoms with Crippen molar-refractivity contribution >= 4 is 17.6 Å². The molecule has 4 nitrogen and oxygen atoms in total. The van der Waals surface area contributed by atoms with Crippen molar-refractivity contribution in [3.05, 3.63) is 30.3 Å². The van der Waals surface area contributed by atoms with E-state index in [-0.39, 0.29) is 18.0 Å². The number of anilines is 1. The van der Waals surface area contributed by atoms with Crippen LogP contribution in [-0.2, 0) is 4.79 Å². The quantitative estimate of drug-likeness (QED) is 0.805. The fourth-order valence-corrected chi connectivity index (χ4v) is 2.20. The van der Waals surface area contributed by atoms with Gasteiger partial charge in [0, 0.05) is 24.7 Å². The molecule has 0 aliphatic carbocycles. The lowest BCUT2D eigenvalue weighted by Crippen LogP contribution is -2.47. The third-order valence-corrected chi connectivity index (χ3v) is 3.06. The number of carbonyl (C=O) groups excluding carboxylic acids is 2. The Morgan fingerprint density at radius 1 is 1.11 bits per heavy atom. The van der Waals surface area contributed by atoms with Crippen LogP contribution in [0, 0.1) is 0 Å². The zero-order chi connectivity index (χ0) is 13.1. The Kier molecular flexibility index (Phi) is 3.65. The smallest absolute Gasteiger partial charge is 0.294 e. The van der Waals surface area contributed by atoms with E-state index in [1.54, 1.807) is 4.90 Å². The normalized spacial score (nSPS) is 17.3. The Morgan fingerprint density at radius 3 is 2.39 bits per heavy atom. The number of benzene rings is 1. The summed E-state index contributed by atoms with van der Waals surface area (Å²) in [6, 6.07) is 9.19. The molecule has 1 aliphatic rings. The minimum absolute atomic E-state index is 0.0755. The first-order valence-corrected chi connectivity index (χ1v) is 6.30. The Bertz CT molecular complexity index is 442. The lowest BCUT2D eigenvalue weighted by molar-refractivity contribution is -0.129. The first-order chi connectivity index (χ1) is 8.61. The minimum Gasteiger partial charge on any atom is -0.294 e. The van der Waals surface area contributed by atoms with Gasteiger partial charge in [-0.3, -0.25) is 14.6 Å². The molecule has 2 rings (SSSR count). The number of nitrogens with zero attached hydrogens (tertiary/aromatic N) is 2. The third kappa shape index (κ3) is 2.37. The summed E-state index contributed by atoms with van der Waals surface area (Å²) < 4.78 is 0. The number of urea groups is 1. The van der Waals surface area contributed by atoms with Gasteiger partial charge in [0.25, 0.3) is 0 Å². The van der Waals surface area contributed by atoms with Crippen LogP contribution in [0.15, 0.2) is 30.3 Å². The van der Waals surface area contributed by atoms with Gasteiger partial charge in [0.1, 0.15) is 0 Å². The molecule has 18 heavy (non-hydrogen) atoms. The molecule has 0 N–H and O–H groups in total. The van der Waals surface area contributed by atoms with Crippen LogP contribution in [0.25, 0.3) is 0 Å². The van der Waals surface area contributed by atoms with Crippen molar-refractivity contribution in [1.29, 1.82) is 0 Å². The molecule has 0 atom stereocenters. The Balaban J connectivity index is 2.32. The van der Waals surface area contributed by atoms with Gasteiger partial charge < -0.3 is 0 Å². The molecule has 0 unspecified atom stereocenters. The van der Waals surface area contributed by atoms with Gasteiger partial charge in [-0.1, -0.05) is 18.2 Å². The van der Waals surface area contributed by atoms with Crippen LogP contribution < -0.4 is 4.90 Å². The Morgan fingerprint density at radius 2 is 1.78 bits per heavy atom. The lowest BCUT2D eigenvalue weighted by Gasteiger charge is -2.28. The number of amides is 3. The van der Waals surface area contributed by atoms with Gasteiger partial charge in [0.05, 0.1) is 0 Å². The monoisotopic (exact) mass is 246 g/mol. The highest BCUT2D eigenvalue weighted by Crippen LogP contribution is 2.21. The van der Waals surface area contributed by atoms with Gasteiger partial charge in [-0.25, -0.2) is 4.79 Å². The van der Waals surface area contributed by atoms with E-state index in [2.05, 4.69) is 0 Å². The molecule has 0 aromatic heterocycles. The highest BCUT2D eigenvalue weighted by Gasteiger charge is 2.31. The number of rotatable bonds is 2. The van der Waals surface area contributed by atoms with Crippen molar-refractivity contribution in [1.82, 2.24) is 4.90 Å². The summed E-state index contributed by atoms with van der Waals surface area (Å²) in [4.78, 5) is 27.4. The number of hydrogen-bond donors (Lipinski definition) is 0. The van der Waals surface area contributed by atoms with Crippen LogP contribution >= 0.6 is 0 Å². The minimum atomic E-state index is -0.210. The molecule has 1 aromatic carbocycles. The molecule has 0 spiro atoms. The van der Waals surface area contributed by atoms with Gasteiger partial charge in [-0.2, -0.15) is 0 Å². The SMILES string of the molecule is CC(C)N1C(=O)CCCN(c2ccccc2)C1=O. The fourth-order valence-electron chi connectivity index (χ4n) is 2.20. The van der Waals surface area contributed by atoms with Gasteiger partial charge in [0.15, 0.2) is 0 Å². The molecule has 3 amide bonds. The largest absolute Gasteiger partial charge is 0.331 e. The van der Waals surface area contributed by atoms with E-state index in [4.69, 9.17) is 0 Å². The molecule has 1 aromatic rings. The van der Waals surface area contributed by atoms with Gasteiger partial charge >= 0.3 is 6.03 Å². The molecular formula is C14H18N2O2. The maximum absolute atomic E-state index is 12.4. The van der Waals surface area contributed by atoms with E-state index in [1.165, 1.54) is 4.90 Å². The summed E-state index contributed by atoms with van der Waals surface area (Å²) in [7, 11) is 0. The van der Waals surface area contributed by atoms with Crippen LogP contribution in [0.5, 0.6) is 0 Å². The first kappa shape index (κ1) is 12.6. The predicted octanol–water partition coefficient (Wildman–Crippen LogP) is 2.64. The third-order valence-electron chi connectivity index (χ3n) is 3.06. The Labute approximate surface area is 107 Å². The van der Waals surface area contributed by atoms with E-state index >= 15 is 0 Å². The lowest BCUT2D eigenvalue weighted by atomic mass is 10.2. The summed E-state index contributed by atoms with van der Waals surface area (Å²) in [5.41, 5.74) is 0.850.